The van der Waals surface area contributed by atoms with E-state index in [0.29, 0.717) is 108 Å². The number of esters is 1. The zero-order valence-electron chi connectivity index (χ0n) is 69.3. The van der Waals surface area contributed by atoms with Crippen LogP contribution in [-0.4, -0.2) is 312 Å². The molecule has 1 aromatic carbocycles. The number of unbranched alkanes of at least 4 members (excludes halogenated alkanes) is 7. The SMILES string of the molecule is CO[C@@H]1C[C@H](COCc2cn(CCOCCOCCNC(=O)CCC(CCC(=O)NCCOCCOCCn3cc(COC[C@H]4C[C@@H](OC)C[C@@H](O)[C@H]4O)nn3)(CCC(=O)NCCOCCOCCn3cc(COC[C@H]4O[C@@H](OC)C[C@@H](O)[C@H]4O)nn3)NC(=O)CCCCCCCCCCC(=O)Oc3c(F)c(F)c(F)c(F)c3F)nn2)[C@H](O)[C@H](O)C1. The van der Waals surface area contributed by atoms with Crippen LogP contribution in [-0.2, 0) is 125 Å². The molecule has 4 heterocycles. The Hall–Kier alpha value is -7.12. The van der Waals surface area contributed by atoms with Gasteiger partial charge in [-0.1, -0.05) is 54.2 Å². The lowest BCUT2D eigenvalue weighted by molar-refractivity contribution is -0.252. The number of nitrogens with zero attached hydrogens (tertiary/aromatic N) is 9. The molecular formula is C78H124F5N13O25. The van der Waals surface area contributed by atoms with Crippen LogP contribution in [0.2, 0.25) is 0 Å². The van der Waals surface area contributed by atoms with Crippen LogP contribution in [0.3, 0.4) is 0 Å². The number of amides is 4. The lowest BCUT2D eigenvalue weighted by Gasteiger charge is -2.36. The van der Waals surface area contributed by atoms with Crippen molar-refractivity contribution in [2.45, 2.75) is 241 Å². The van der Waals surface area contributed by atoms with Crippen molar-refractivity contribution < 1.29 is 143 Å². The standard InChI is InChI=1S/C78H124F5N13O25/c1-108-57-38-52(74(105)59(97)40-57)46-117-48-54-43-94(91-88-54)23-29-114-35-32-111-26-20-84-63(100)14-17-78(87-66(103)12-10-8-6-4-5-7-9-11-13-67(104)121-77-72(82)70(80)69(79)71(81)73(77)83,18-15-64(101)85-21-27-112-33-36-115-30-24-95-44-55(89-92-95)49-118-47-53-39-58(109-2)41-60(98)75(53)106)19-16-65(102)86-22-28-113-34-37-116-31-25-96-45-56(90-93-96)50-119-51-62-76(107)61(99)42-68(110-3)120-62/h43-45,52-53,57-62,68,74-76,97-99,105-107H,4-42,46-51H2,1-3H3,(H,84,100)(H,85,101)(H,86,102)(H,87,103)/t52-,53-,57-,58-,59-,60-,61-,62-,68-,74+,75+,76-/m1/s1. The molecule has 686 valence electrons. The molecule has 3 aliphatic rings. The normalized spacial score (nSPS) is 21.3. The summed E-state index contributed by atoms with van der Waals surface area (Å²) in [5.41, 5.74) is 0.427. The van der Waals surface area contributed by atoms with Gasteiger partial charge in [0.15, 0.2) is 6.29 Å². The number of carbonyl (C=O) groups is 5. The average molecular weight is 1740 g/mol. The summed E-state index contributed by atoms with van der Waals surface area (Å²) in [6.07, 6.45) is 3.64. The van der Waals surface area contributed by atoms with Gasteiger partial charge in [-0.15, -0.1) is 15.3 Å². The van der Waals surface area contributed by atoms with E-state index in [4.69, 9.17) is 61.6 Å². The third-order valence-electron chi connectivity index (χ3n) is 20.8. The highest BCUT2D eigenvalue weighted by atomic mass is 19.2. The van der Waals surface area contributed by atoms with Gasteiger partial charge in [-0.25, -0.2) is 27.2 Å². The fourth-order valence-corrected chi connectivity index (χ4v) is 13.9. The number of hydrogen-bond acceptors (Lipinski definition) is 31. The predicted molar refractivity (Wildman–Crippen MR) is 413 cm³/mol. The minimum atomic E-state index is -2.37. The van der Waals surface area contributed by atoms with Crippen molar-refractivity contribution in [3.63, 3.8) is 0 Å². The summed E-state index contributed by atoms with van der Waals surface area (Å²) in [7, 11) is 4.58. The highest BCUT2D eigenvalue weighted by molar-refractivity contribution is 5.80. The Balaban J connectivity index is 0.856. The van der Waals surface area contributed by atoms with E-state index in [9.17, 15) is 76.6 Å². The van der Waals surface area contributed by atoms with Gasteiger partial charge in [-0.2, -0.15) is 8.78 Å². The van der Waals surface area contributed by atoms with E-state index >= 15 is 0 Å². The molecule has 10 N–H and O–H groups in total. The largest absolute Gasteiger partial charge is 0.420 e. The number of carbonyl (C=O) groups excluding carboxylic acids is 5. The summed E-state index contributed by atoms with van der Waals surface area (Å²) < 4.78 is 151. The summed E-state index contributed by atoms with van der Waals surface area (Å²) >= 11 is 0. The summed E-state index contributed by atoms with van der Waals surface area (Å²) in [5, 5.41) is 98.1. The molecule has 3 fully saturated rings. The average Bonchev–Trinajstić information content (AvgIpc) is 1.34. The second kappa shape index (κ2) is 56.7. The zero-order valence-corrected chi connectivity index (χ0v) is 69.3. The highest BCUT2D eigenvalue weighted by Gasteiger charge is 2.40. The fourth-order valence-electron chi connectivity index (χ4n) is 13.9. The van der Waals surface area contributed by atoms with Gasteiger partial charge in [-0.05, 0) is 44.9 Å². The third kappa shape index (κ3) is 37.7. The molecular weight excluding hydrogens is 1610 g/mol. The summed E-state index contributed by atoms with van der Waals surface area (Å²) in [5.74, 6) is -16.3. The van der Waals surface area contributed by atoms with E-state index in [0.717, 1.165) is 12.8 Å². The Morgan fingerprint density at radius 1 is 0.421 bits per heavy atom. The molecule has 38 nitrogen and oxygen atoms in total. The quantitative estimate of drug-likeness (QED) is 0.00755. The Morgan fingerprint density at radius 2 is 0.785 bits per heavy atom. The van der Waals surface area contributed by atoms with Gasteiger partial charge in [0.25, 0.3) is 0 Å². The van der Waals surface area contributed by atoms with Crippen LogP contribution in [0.15, 0.2) is 18.6 Å². The van der Waals surface area contributed by atoms with Crippen LogP contribution in [0.1, 0.15) is 152 Å². The van der Waals surface area contributed by atoms with Crippen LogP contribution >= 0.6 is 0 Å². The number of nitrogens with one attached hydrogen (secondary N) is 4. The number of hydrogen-bond donors (Lipinski definition) is 10. The first-order valence-electron chi connectivity index (χ1n) is 41.5. The van der Waals surface area contributed by atoms with E-state index in [1.54, 1.807) is 46.9 Å². The van der Waals surface area contributed by atoms with Crippen molar-refractivity contribution in [2.75, 3.05) is 140 Å². The Labute approximate surface area is 699 Å². The molecule has 43 heteroatoms. The number of methoxy groups -OCH3 is 3. The molecule has 3 aromatic heterocycles. The highest BCUT2D eigenvalue weighted by Crippen LogP contribution is 2.33. The molecule has 4 aromatic rings. The lowest BCUT2D eigenvalue weighted by Crippen LogP contribution is -2.50. The second-order valence-electron chi connectivity index (χ2n) is 30.1. The number of rotatable bonds is 64. The molecule has 0 spiro atoms. The summed E-state index contributed by atoms with van der Waals surface area (Å²) in [4.78, 5) is 67.4. The first kappa shape index (κ1) is 101. The van der Waals surface area contributed by atoms with Crippen molar-refractivity contribution >= 4 is 29.6 Å². The van der Waals surface area contributed by atoms with E-state index in [1.165, 1.54) is 7.11 Å². The molecule has 121 heavy (non-hydrogen) atoms. The topological polar surface area (TPSA) is 476 Å². The van der Waals surface area contributed by atoms with E-state index in [2.05, 4.69) is 56.9 Å². The van der Waals surface area contributed by atoms with Gasteiger partial charge in [0, 0.05) is 110 Å². The Kier molecular flexibility index (Phi) is 47.3. The van der Waals surface area contributed by atoms with Crippen molar-refractivity contribution in [3.05, 3.63) is 64.8 Å². The smallest absolute Gasteiger partial charge is 0.311 e. The van der Waals surface area contributed by atoms with E-state index in [-0.39, 0.29) is 237 Å². The maximum absolute atomic E-state index is 14.1. The number of halogens is 5. The van der Waals surface area contributed by atoms with Gasteiger partial charge < -0.3 is 118 Å². The van der Waals surface area contributed by atoms with Crippen molar-refractivity contribution in [2.24, 2.45) is 11.8 Å². The minimum Gasteiger partial charge on any atom is -0.420 e. The van der Waals surface area contributed by atoms with Gasteiger partial charge in [0.2, 0.25) is 58.5 Å². The number of benzene rings is 1. The monoisotopic (exact) mass is 1740 g/mol. The van der Waals surface area contributed by atoms with Crippen LogP contribution in [0.25, 0.3) is 0 Å². The summed E-state index contributed by atoms with van der Waals surface area (Å²) in [6.45, 7) is 4.92. The lowest BCUT2D eigenvalue weighted by atomic mass is 9.82. The van der Waals surface area contributed by atoms with Crippen LogP contribution < -0.4 is 26.0 Å². The minimum absolute atomic E-state index is 0.0101. The second-order valence-corrected chi connectivity index (χ2v) is 30.1. The Bertz CT molecular complexity index is 3330. The first-order valence-corrected chi connectivity index (χ1v) is 41.5. The molecule has 2 saturated carbocycles. The van der Waals surface area contributed by atoms with Gasteiger partial charge in [0.05, 0.1) is 200 Å². The molecule has 2 aliphatic carbocycles. The first-order chi connectivity index (χ1) is 58.5. The van der Waals surface area contributed by atoms with E-state index in [1.807, 2.05) is 0 Å². The number of aliphatic hydroxyl groups is 6. The van der Waals surface area contributed by atoms with Crippen LogP contribution in [0.5, 0.6) is 5.75 Å². The molecule has 0 radical (unpaired) electrons. The predicted octanol–water partition coefficient (Wildman–Crippen LogP) is 2.03. The van der Waals surface area contributed by atoms with Crippen LogP contribution in [0.4, 0.5) is 22.0 Å². The van der Waals surface area contributed by atoms with Gasteiger partial charge in [-0.3, -0.25) is 24.0 Å². The zero-order chi connectivity index (χ0) is 87.2. The van der Waals surface area contributed by atoms with Crippen LogP contribution in [0, 0.1) is 40.9 Å². The molecule has 0 unspecified atom stereocenters. The van der Waals surface area contributed by atoms with Crippen molar-refractivity contribution in [1.82, 2.24) is 66.2 Å². The number of aromatic nitrogens is 9. The fraction of sp³-hybridized carbons (Fsp3) is 0.782. The van der Waals surface area contributed by atoms with Crippen molar-refractivity contribution in [1.29, 1.82) is 0 Å². The Morgan fingerprint density at radius 3 is 1.18 bits per heavy atom. The number of aliphatic hydroxyl groups excluding tert-OH is 6. The molecule has 1 saturated heterocycles. The van der Waals surface area contributed by atoms with E-state index < -0.39 is 95.4 Å². The number of ether oxygens (including phenoxy) is 14. The van der Waals surface area contributed by atoms with Crippen molar-refractivity contribution in [3.8, 4) is 5.75 Å². The molecule has 0 bridgehead atoms. The third-order valence-corrected chi connectivity index (χ3v) is 20.8. The maximum Gasteiger partial charge on any atom is 0.311 e. The summed E-state index contributed by atoms with van der Waals surface area (Å²) in [6, 6.07) is 0. The molecule has 12 atom stereocenters. The molecule has 1 aliphatic heterocycles. The molecule has 4 amide bonds. The molecule has 7 rings (SSSR count). The maximum atomic E-state index is 14.1. The van der Waals surface area contributed by atoms with Gasteiger partial charge >= 0.3 is 5.97 Å². The van der Waals surface area contributed by atoms with Gasteiger partial charge in [0.1, 0.15) is 29.3 Å².